The highest BCUT2D eigenvalue weighted by Crippen LogP contribution is 2.24. The third-order valence-electron chi connectivity index (χ3n) is 2.70. The van der Waals surface area contributed by atoms with E-state index in [1.165, 1.54) is 0 Å². The van der Waals surface area contributed by atoms with E-state index >= 15 is 0 Å². The molecule has 2 rings (SSSR count). The van der Waals surface area contributed by atoms with E-state index in [2.05, 4.69) is 41.1 Å². The van der Waals surface area contributed by atoms with Gasteiger partial charge in [-0.05, 0) is 0 Å². The van der Waals surface area contributed by atoms with Gasteiger partial charge in [-0.15, -0.1) is 22.0 Å². The monoisotopic (exact) mass is 310 g/mol. The Labute approximate surface area is 129 Å². The van der Waals surface area contributed by atoms with Gasteiger partial charge in [-0.3, -0.25) is 0 Å². The second-order valence-electron chi connectivity index (χ2n) is 7.01. The van der Waals surface area contributed by atoms with Crippen molar-refractivity contribution in [1.29, 1.82) is 0 Å². The van der Waals surface area contributed by atoms with Crippen molar-refractivity contribution < 1.29 is 8.94 Å². The number of aromatic nitrogens is 4. The van der Waals surface area contributed by atoms with Crippen LogP contribution in [0.15, 0.2) is 8.94 Å². The number of thioether (sulfide) groups is 1. The van der Waals surface area contributed by atoms with E-state index in [-0.39, 0.29) is 10.8 Å². The number of rotatable bonds is 4. The molecular formula is C14H22N4O2S. The minimum atomic E-state index is -0.121. The Kier molecular flexibility index (Phi) is 4.41. The molecule has 0 unspecified atom stereocenters. The lowest BCUT2D eigenvalue weighted by atomic mass is 9.96. The van der Waals surface area contributed by atoms with E-state index in [1.807, 2.05) is 20.8 Å². The SMILES string of the molecule is CC(C)(C)c1noc(CSCc2nnc(C(C)(C)C)o2)n1. The summed E-state index contributed by atoms with van der Waals surface area (Å²) in [6.07, 6.45) is 0. The molecule has 116 valence electrons. The van der Waals surface area contributed by atoms with Crippen molar-refractivity contribution in [2.45, 2.75) is 63.9 Å². The number of nitrogens with zero attached hydrogens (tertiary/aromatic N) is 4. The van der Waals surface area contributed by atoms with Gasteiger partial charge in [0.05, 0.1) is 11.5 Å². The van der Waals surface area contributed by atoms with Crippen molar-refractivity contribution in [3.05, 3.63) is 23.5 Å². The quantitative estimate of drug-likeness (QED) is 0.855. The van der Waals surface area contributed by atoms with Gasteiger partial charge in [0.2, 0.25) is 17.7 Å². The van der Waals surface area contributed by atoms with Crippen LogP contribution in [0.25, 0.3) is 0 Å². The fourth-order valence-electron chi connectivity index (χ4n) is 1.46. The van der Waals surface area contributed by atoms with Gasteiger partial charge in [0.15, 0.2) is 5.82 Å². The molecule has 2 heterocycles. The molecule has 0 radical (unpaired) electrons. The normalized spacial score (nSPS) is 12.9. The summed E-state index contributed by atoms with van der Waals surface area (Å²) in [6.45, 7) is 12.3. The van der Waals surface area contributed by atoms with Crippen LogP contribution in [0.3, 0.4) is 0 Å². The standard InChI is InChI=1S/C14H22N4O2S/c1-13(2,3)11-15-9(20-18-11)7-21-8-10-16-17-12(19-10)14(4,5)6/h7-8H2,1-6H3. The van der Waals surface area contributed by atoms with Crippen LogP contribution in [-0.4, -0.2) is 20.3 Å². The van der Waals surface area contributed by atoms with E-state index in [1.54, 1.807) is 11.8 Å². The summed E-state index contributed by atoms with van der Waals surface area (Å²) in [5.74, 6) is 3.91. The van der Waals surface area contributed by atoms with Gasteiger partial charge >= 0.3 is 0 Å². The molecule has 0 N–H and O–H groups in total. The minimum Gasteiger partial charge on any atom is -0.424 e. The summed E-state index contributed by atoms with van der Waals surface area (Å²) < 4.78 is 10.9. The third kappa shape index (κ3) is 4.30. The Morgan fingerprint density at radius 2 is 1.57 bits per heavy atom. The molecule has 0 aliphatic carbocycles. The zero-order chi connectivity index (χ0) is 15.7. The van der Waals surface area contributed by atoms with Crippen LogP contribution in [0.5, 0.6) is 0 Å². The molecule has 21 heavy (non-hydrogen) atoms. The van der Waals surface area contributed by atoms with E-state index < -0.39 is 0 Å². The highest BCUT2D eigenvalue weighted by molar-refractivity contribution is 7.97. The first-order valence-electron chi connectivity index (χ1n) is 6.90. The first-order chi connectivity index (χ1) is 9.66. The maximum Gasteiger partial charge on any atom is 0.236 e. The lowest BCUT2D eigenvalue weighted by Crippen LogP contribution is -2.13. The summed E-state index contributed by atoms with van der Waals surface area (Å²) >= 11 is 1.61. The Morgan fingerprint density at radius 3 is 2.10 bits per heavy atom. The molecule has 0 spiro atoms. The molecule has 0 aliphatic rings. The molecule has 7 heteroatoms. The summed E-state index contributed by atoms with van der Waals surface area (Å²) in [6, 6.07) is 0. The van der Waals surface area contributed by atoms with Gasteiger partial charge in [-0.25, -0.2) is 0 Å². The Hall–Kier alpha value is -1.37. The van der Waals surface area contributed by atoms with Gasteiger partial charge in [-0.2, -0.15) is 4.98 Å². The molecule has 6 nitrogen and oxygen atoms in total. The fraction of sp³-hybridized carbons (Fsp3) is 0.714. The maximum atomic E-state index is 5.64. The highest BCUT2D eigenvalue weighted by atomic mass is 32.2. The molecule has 0 saturated heterocycles. The summed E-state index contributed by atoms with van der Waals surface area (Å²) in [5, 5.41) is 12.1. The highest BCUT2D eigenvalue weighted by Gasteiger charge is 2.22. The number of hydrogen-bond donors (Lipinski definition) is 0. The zero-order valence-corrected chi connectivity index (χ0v) is 14.2. The molecule has 0 amide bonds. The molecular weight excluding hydrogens is 288 g/mol. The molecule has 2 aromatic rings. The second kappa shape index (κ2) is 5.79. The third-order valence-corrected chi connectivity index (χ3v) is 3.60. The smallest absolute Gasteiger partial charge is 0.236 e. The zero-order valence-electron chi connectivity index (χ0n) is 13.4. The predicted octanol–water partition coefficient (Wildman–Crippen LogP) is 3.48. The van der Waals surface area contributed by atoms with Gasteiger partial charge in [0, 0.05) is 10.8 Å². The van der Waals surface area contributed by atoms with E-state index in [0.29, 0.717) is 29.2 Å². The average molecular weight is 310 g/mol. The van der Waals surface area contributed by atoms with Crippen LogP contribution < -0.4 is 0 Å². The lowest BCUT2D eigenvalue weighted by Gasteiger charge is -2.10. The largest absolute Gasteiger partial charge is 0.424 e. The van der Waals surface area contributed by atoms with Crippen molar-refractivity contribution in [2.24, 2.45) is 0 Å². The topological polar surface area (TPSA) is 77.8 Å². The Balaban J connectivity index is 1.87. The van der Waals surface area contributed by atoms with Gasteiger partial charge in [-0.1, -0.05) is 46.7 Å². The minimum absolute atomic E-state index is 0.0967. The van der Waals surface area contributed by atoms with Crippen molar-refractivity contribution in [3.63, 3.8) is 0 Å². The molecule has 2 aromatic heterocycles. The Morgan fingerprint density at radius 1 is 0.905 bits per heavy atom. The predicted molar refractivity (Wildman–Crippen MR) is 81.0 cm³/mol. The molecule has 0 atom stereocenters. The van der Waals surface area contributed by atoms with Crippen LogP contribution in [0.2, 0.25) is 0 Å². The second-order valence-corrected chi connectivity index (χ2v) is 7.99. The molecule has 0 aromatic carbocycles. The van der Waals surface area contributed by atoms with Gasteiger partial charge < -0.3 is 8.94 Å². The molecule has 0 aliphatic heterocycles. The van der Waals surface area contributed by atoms with Crippen molar-refractivity contribution in [3.8, 4) is 0 Å². The van der Waals surface area contributed by atoms with Gasteiger partial charge in [0.25, 0.3) is 0 Å². The number of hydrogen-bond acceptors (Lipinski definition) is 7. The lowest BCUT2D eigenvalue weighted by molar-refractivity contribution is 0.372. The van der Waals surface area contributed by atoms with Crippen LogP contribution in [0, 0.1) is 0 Å². The van der Waals surface area contributed by atoms with E-state index in [9.17, 15) is 0 Å². The van der Waals surface area contributed by atoms with Crippen LogP contribution >= 0.6 is 11.8 Å². The van der Waals surface area contributed by atoms with E-state index in [0.717, 1.165) is 5.82 Å². The molecule has 0 saturated carbocycles. The Bertz CT molecular complexity index is 540. The van der Waals surface area contributed by atoms with Crippen LogP contribution in [0.1, 0.15) is 65.0 Å². The van der Waals surface area contributed by atoms with Gasteiger partial charge in [0.1, 0.15) is 0 Å². The molecule has 0 fully saturated rings. The van der Waals surface area contributed by atoms with Crippen molar-refractivity contribution in [1.82, 2.24) is 20.3 Å². The first kappa shape index (κ1) is 16.0. The average Bonchev–Trinajstić information content (AvgIpc) is 2.95. The maximum absolute atomic E-state index is 5.64. The summed E-state index contributed by atoms with van der Waals surface area (Å²) in [4.78, 5) is 4.39. The first-order valence-corrected chi connectivity index (χ1v) is 8.05. The van der Waals surface area contributed by atoms with Crippen molar-refractivity contribution in [2.75, 3.05) is 0 Å². The van der Waals surface area contributed by atoms with Crippen molar-refractivity contribution >= 4 is 11.8 Å². The van der Waals surface area contributed by atoms with Crippen LogP contribution in [0.4, 0.5) is 0 Å². The van der Waals surface area contributed by atoms with Crippen LogP contribution in [-0.2, 0) is 22.3 Å². The van der Waals surface area contributed by atoms with E-state index in [4.69, 9.17) is 8.94 Å². The fourth-order valence-corrected chi connectivity index (χ4v) is 2.14. The summed E-state index contributed by atoms with van der Waals surface area (Å²) in [7, 11) is 0. The summed E-state index contributed by atoms with van der Waals surface area (Å²) in [5.41, 5.74) is -0.218. The molecule has 0 bridgehead atoms.